The highest BCUT2D eigenvalue weighted by Gasteiger charge is 2.32. The van der Waals surface area contributed by atoms with Crippen molar-refractivity contribution in [3.05, 3.63) is 56.8 Å². The smallest absolute Gasteiger partial charge is 0.278 e. The number of nitrogens with one attached hydrogen (secondary N) is 1. The highest BCUT2D eigenvalue weighted by atomic mass is 32.2. The van der Waals surface area contributed by atoms with Gasteiger partial charge in [-0.1, -0.05) is 42.2 Å². The predicted molar refractivity (Wildman–Crippen MR) is 103 cm³/mol. The first-order valence-corrected chi connectivity index (χ1v) is 8.86. The molecule has 2 heterocycles. The summed E-state index contributed by atoms with van der Waals surface area (Å²) in [6, 6.07) is 9.28. The van der Waals surface area contributed by atoms with Crippen LogP contribution in [-0.2, 0) is 9.53 Å². The summed E-state index contributed by atoms with van der Waals surface area (Å²) in [5, 5.41) is 3.05. The van der Waals surface area contributed by atoms with Crippen molar-refractivity contribution in [1.29, 1.82) is 0 Å². The molecule has 1 aliphatic rings. The van der Waals surface area contributed by atoms with E-state index >= 15 is 0 Å². The molecule has 8 heteroatoms. The van der Waals surface area contributed by atoms with Gasteiger partial charge in [0.1, 0.15) is 4.32 Å². The molecule has 130 valence electrons. The van der Waals surface area contributed by atoms with Crippen molar-refractivity contribution in [2.24, 2.45) is 0 Å². The van der Waals surface area contributed by atoms with Crippen LogP contribution in [0.4, 0.5) is 0 Å². The van der Waals surface area contributed by atoms with Crippen molar-refractivity contribution in [1.82, 2.24) is 14.7 Å². The maximum Gasteiger partial charge on any atom is 0.278 e. The molecule has 25 heavy (non-hydrogen) atoms. The van der Waals surface area contributed by atoms with Gasteiger partial charge in [0.15, 0.2) is 0 Å². The van der Waals surface area contributed by atoms with Crippen LogP contribution in [0.5, 0.6) is 0 Å². The maximum atomic E-state index is 12.7. The van der Waals surface area contributed by atoms with Crippen LogP contribution in [0.2, 0.25) is 0 Å². The van der Waals surface area contributed by atoms with Gasteiger partial charge in [0.2, 0.25) is 0 Å². The van der Waals surface area contributed by atoms with E-state index in [0.29, 0.717) is 33.6 Å². The van der Waals surface area contributed by atoms with Crippen LogP contribution in [0, 0.1) is 6.92 Å². The number of ether oxygens (including phenoxy) is 1. The first-order valence-electron chi connectivity index (χ1n) is 7.64. The number of hydrogen-bond acceptors (Lipinski definition) is 5. The number of carbonyl (C=O) groups is 1. The Hall–Kier alpha value is -2.16. The largest absolute Gasteiger partial charge is 0.383 e. The van der Waals surface area contributed by atoms with Crippen LogP contribution >= 0.6 is 24.0 Å². The molecule has 0 atom stereocenters. The molecule has 2 aromatic rings. The fraction of sp³-hybridized carbons (Fsp3) is 0.235. The normalized spacial score (nSPS) is 16.2. The summed E-state index contributed by atoms with van der Waals surface area (Å²) >= 11 is 6.45. The number of amides is 1. The van der Waals surface area contributed by atoms with Gasteiger partial charge in [-0.3, -0.25) is 19.6 Å². The molecule has 0 radical (unpaired) electrons. The monoisotopic (exact) mass is 375 g/mol. The summed E-state index contributed by atoms with van der Waals surface area (Å²) in [4.78, 5) is 27.2. The van der Waals surface area contributed by atoms with E-state index in [4.69, 9.17) is 17.0 Å². The molecule has 1 aliphatic heterocycles. The van der Waals surface area contributed by atoms with Gasteiger partial charge in [-0.25, -0.2) is 4.68 Å². The highest BCUT2D eigenvalue weighted by Crippen LogP contribution is 2.32. The summed E-state index contributed by atoms with van der Waals surface area (Å²) in [5.41, 5.74) is 1.68. The molecular formula is C17H17N3O3S2. The number of methoxy groups -OCH3 is 1. The molecule has 1 fully saturated rings. The average molecular weight is 375 g/mol. The van der Waals surface area contributed by atoms with E-state index in [1.54, 1.807) is 20.1 Å². The molecule has 0 spiro atoms. The molecule has 0 unspecified atom stereocenters. The third kappa shape index (κ3) is 3.46. The Balaban J connectivity index is 1.95. The van der Waals surface area contributed by atoms with Crippen molar-refractivity contribution in [2.45, 2.75) is 6.92 Å². The molecule has 1 aromatic heterocycles. The first kappa shape index (κ1) is 17.7. The second kappa shape index (κ2) is 7.38. The Bertz CT molecular complexity index is 900. The zero-order valence-electron chi connectivity index (χ0n) is 13.8. The molecule has 6 nitrogen and oxygen atoms in total. The number of thioether (sulfide) groups is 1. The first-order chi connectivity index (χ1) is 12.0. The molecule has 0 aliphatic carbocycles. The molecule has 3 rings (SSSR count). The number of aryl methyl sites for hydroxylation is 1. The number of aromatic nitrogens is 2. The van der Waals surface area contributed by atoms with Gasteiger partial charge in [-0.05, 0) is 25.1 Å². The molecule has 0 bridgehead atoms. The average Bonchev–Trinajstić information content (AvgIpc) is 3.04. The summed E-state index contributed by atoms with van der Waals surface area (Å²) in [7, 11) is 1.57. The molecule has 1 saturated heterocycles. The Labute approximate surface area is 154 Å². The van der Waals surface area contributed by atoms with Crippen molar-refractivity contribution in [3.63, 3.8) is 0 Å². The molecule has 1 amide bonds. The third-order valence-corrected chi connectivity index (χ3v) is 5.18. The number of hydrogen-bond donors (Lipinski definition) is 1. The second-order valence-corrected chi connectivity index (χ2v) is 7.13. The third-order valence-electron chi connectivity index (χ3n) is 3.80. The summed E-state index contributed by atoms with van der Waals surface area (Å²) in [5.74, 6) is -0.196. The van der Waals surface area contributed by atoms with Crippen molar-refractivity contribution >= 4 is 40.3 Å². The zero-order chi connectivity index (χ0) is 18.0. The van der Waals surface area contributed by atoms with E-state index in [2.05, 4.69) is 5.10 Å². The fourth-order valence-corrected chi connectivity index (χ4v) is 3.79. The molecular weight excluding hydrogens is 358 g/mol. The number of thiocarbonyl (C=S) groups is 1. The van der Waals surface area contributed by atoms with E-state index < -0.39 is 0 Å². The summed E-state index contributed by atoms with van der Waals surface area (Å²) < 4.78 is 6.95. The number of benzene rings is 1. The standard InChI is InChI=1S/C17H17N3O3S2/c1-11-13(15(21)20(18-11)12-6-4-3-5-7-12)10-14-16(22)19(8-9-23-2)17(24)25-14/h3-7,10,18H,8-9H2,1-2H3/b14-10-. The van der Waals surface area contributed by atoms with Gasteiger partial charge >= 0.3 is 0 Å². The van der Waals surface area contributed by atoms with E-state index in [1.807, 2.05) is 30.3 Å². The molecule has 1 aromatic carbocycles. The van der Waals surface area contributed by atoms with Crippen LogP contribution in [-0.4, -0.2) is 45.2 Å². The van der Waals surface area contributed by atoms with Crippen LogP contribution in [0.15, 0.2) is 40.0 Å². The van der Waals surface area contributed by atoms with E-state index in [0.717, 1.165) is 5.69 Å². The number of para-hydroxylation sites is 1. The molecule has 0 saturated carbocycles. The van der Waals surface area contributed by atoms with Crippen molar-refractivity contribution in [2.75, 3.05) is 20.3 Å². The number of nitrogens with zero attached hydrogens (tertiary/aromatic N) is 2. The number of carbonyl (C=O) groups excluding carboxylic acids is 1. The highest BCUT2D eigenvalue weighted by molar-refractivity contribution is 8.26. The van der Waals surface area contributed by atoms with Crippen LogP contribution in [0.3, 0.4) is 0 Å². The van der Waals surface area contributed by atoms with Crippen LogP contribution in [0.1, 0.15) is 11.3 Å². The quantitative estimate of drug-likeness (QED) is 0.642. The minimum absolute atomic E-state index is 0.196. The maximum absolute atomic E-state index is 12.7. The fourth-order valence-electron chi connectivity index (χ4n) is 2.49. The lowest BCUT2D eigenvalue weighted by molar-refractivity contribution is -0.122. The Kier molecular flexibility index (Phi) is 5.22. The summed E-state index contributed by atoms with van der Waals surface area (Å²) in [6.45, 7) is 2.61. The van der Waals surface area contributed by atoms with Crippen molar-refractivity contribution in [3.8, 4) is 5.69 Å². The Morgan fingerprint density at radius 3 is 2.68 bits per heavy atom. The number of rotatable bonds is 5. The van der Waals surface area contributed by atoms with Gasteiger partial charge in [-0.2, -0.15) is 0 Å². The number of H-pyrrole nitrogens is 1. The van der Waals surface area contributed by atoms with Crippen LogP contribution < -0.4 is 5.56 Å². The lowest BCUT2D eigenvalue weighted by Gasteiger charge is -2.12. The lowest BCUT2D eigenvalue weighted by atomic mass is 10.2. The number of aromatic amines is 1. The van der Waals surface area contributed by atoms with Gasteiger partial charge in [-0.15, -0.1) is 0 Å². The van der Waals surface area contributed by atoms with E-state index in [9.17, 15) is 9.59 Å². The second-order valence-electron chi connectivity index (χ2n) is 5.45. The Morgan fingerprint density at radius 1 is 1.28 bits per heavy atom. The summed E-state index contributed by atoms with van der Waals surface area (Å²) in [6.07, 6.45) is 1.61. The SMILES string of the molecule is COCCN1C(=O)/C(=C/c2c(C)[nH]n(-c3ccccc3)c2=O)SC1=S. The zero-order valence-corrected chi connectivity index (χ0v) is 15.4. The Morgan fingerprint density at radius 2 is 2.00 bits per heavy atom. The van der Waals surface area contributed by atoms with E-state index in [1.165, 1.54) is 21.3 Å². The minimum Gasteiger partial charge on any atom is -0.383 e. The van der Waals surface area contributed by atoms with Gasteiger partial charge in [0.05, 0.1) is 29.3 Å². The topological polar surface area (TPSA) is 67.3 Å². The predicted octanol–water partition coefficient (Wildman–Crippen LogP) is 2.32. The van der Waals surface area contributed by atoms with Crippen LogP contribution in [0.25, 0.3) is 11.8 Å². The van der Waals surface area contributed by atoms with Gasteiger partial charge in [0.25, 0.3) is 11.5 Å². The van der Waals surface area contributed by atoms with Gasteiger partial charge < -0.3 is 4.74 Å². The van der Waals surface area contributed by atoms with Gasteiger partial charge in [0, 0.05) is 12.8 Å². The minimum atomic E-state index is -0.203. The lowest BCUT2D eigenvalue weighted by Crippen LogP contribution is -2.31. The van der Waals surface area contributed by atoms with Crippen molar-refractivity contribution < 1.29 is 9.53 Å². The van der Waals surface area contributed by atoms with E-state index in [-0.39, 0.29) is 11.5 Å². The molecule has 1 N–H and O–H groups in total.